The largest absolute Gasteiger partial charge is 0.397 e. The lowest BCUT2D eigenvalue weighted by atomic mass is 9.99. The number of aliphatic hydroxyl groups excluding tert-OH is 1. The highest BCUT2D eigenvalue weighted by Gasteiger charge is 2.33. The van der Waals surface area contributed by atoms with Crippen molar-refractivity contribution in [1.29, 1.82) is 0 Å². The van der Waals surface area contributed by atoms with Crippen LogP contribution in [0.1, 0.15) is 61.2 Å². The molecule has 2 aliphatic heterocycles. The molecule has 44 heavy (non-hydrogen) atoms. The van der Waals surface area contributed by atoms with E-state index in [1.165, 1.54) is 0 Å². The minimum absolute atomic E-state index is 0.00510. The summed E-state index contributed by atoms with van der Waals surface area (Å²) in [5.41, 5.74) is 10.4. The van der Waals surface area contributed by atoms with Gasteiger partial charge in [-0.1, -0.05) is 48.5 Å². The number of rotatable bonds is 12. The van der Waals surface area contributed by atoms with Crippen LogP contribution in [0.15, 0.2) is 72.8 Å². The van der Waals surface area contributed by atoms with Crippen LogP contribution in [0.4, 0.5) is 17.1 Å². The highest BCUT2D eigenvalue weighted by Crippen LogP contribution is 2.38. The van der Waals surface area contributed by atoms with Crippen LogP contribution in [0.5, 0.6) is 0 Å². The lowest BCUT2D eigenvalue weighted by Crippen LogP contribution is -2.44. The highest BCUT2D eigenvalue weighted by molar-refractivity contribution is 5.94. The van der Waals surface area contributed by atoms with Crippen molar-refractivity contribution in [2.75, 3.05) is 49.2 Å². The van der Waals surface area contributed by atoms with E-state index in [9.17, 15) is 14.7 Å². The van der Waals surface area contributed by atoms with E-state index < -0.39 is 6.29 Å². The van der Waals surface area contributed by atoms with E-state index >= 15 is 0 Å². The summed E-state index contributed by atoms with van der Waals surface area (Å²) in [5, 5.41) is 15.3. The number of benzene rings is 3. The highest BCUT2D eigenvalue weighted by atomic mass is 16.7. The Morgan fingerprint density at radius 1 is 0.864 bits per heavy atom. The van der Waals surface area contributed by atoms with Crippen molar-refractivity contribution >= 4 is 28.9 Å². The number of anilines is 3. The van der Waals surface area contributed by atoms with Crippen LogP contribution in [-0.2, 0) is 30.4 Å². The van der Waals surface area contributed by atoms with Crippen molar-refractivity contribution in [3.05, 3.63) is 89.5 Å². The van der Waals surface area contributed by atoms with Gasteiger partial charge in [0.05, 0.1) is 43.4 Å². The number of aliphatic hydroxyl groups is 1. The monoisotopic (exact) mass is 602 g/mol. The Morgan fingerprint density at radius 2 is 1.59 bits per heavy atom. The maximum atomic E-state index is 12.7. The van der Waals surface area contributed by atoms with Crippen molar-refractivity contribution in [3.63, 3.8) is 0 Å². The fourth-order valence-electron chi connectivity index (χ4n) is 5.49. The molecule has 2 aliphatic rings. The Morgan fingerprint density at radius 3 is 2.32 bits per heavy atom. The van der Waals surface area contributed by atoms with E-state index in [-0.39, 0.29) is 30.6 Å². The second-order valence-corrected chi connectivity index (χ2v) is 11.3. The molecule has 3 aromatic carbocycles. The van der Waals surface area contributed by atoms with Gasteiger partial charge in [0.15, 0.2) is 6.29 Å². The molecule has 2 heterocycles. The summed E-state index contributed by atoms with van der Waals surface area (Å²) in [6.07, 6.45) is 1.65. The molecule has 2 fully saturated rings. The van der Waals surface area contributed by atoms with Crippen LogP contribution in [0.2, 0.25) is 0 Å². The lowest BCUT2D eigenvalue weighted by molar-refractivity contribution is -0.253. The zero-order chi connectivity index (χ0) is 30.7. The van der Waals surface area contributed by atoms with Crippen LogP contribution in [0.25, 0.3) is 0 Å². The average Bonchev–Trinajstić information content (AvgIpc) is 3.05. The van der Waals surface area contributed by atoms with Crippen molar-refractivity contribution in [1.82, 2.24) is 4.90 Å². The minimum Gasteiger partial charge on any atom is -0.397 e. The summed E-state index contributed by atoms with van der Waals surface area (Å²) in [6, 6.07) is 22.5. The van der Waals surface area contributed by atoms with Crippen LogP contribution >= 0.6 is 0 Å². The van der Waals surface area contributed by atoms with Gasteiger partial charge in [0.2, 0.25) is 11.8 Å². The first-order valence-electron chi connectivity index (χ1n) is 15.3. The zero-order valence-corrected chi connectivity index (χ0v) is 25.0. The summed E-state index contributed by atoms with van der Waals surface area (Å²) in [5.74, 6) is -0.245. The van der Waals surface area contributed by atoms with Gasteiger partial charge in [-0.2, -0.15) is 0 Å². The standard InChI is InChI=1S/C34H42N4O6/c35-29-8-1-2-9-30(29)37-33(41)11-4-3-10-32(40)36-27-7-5-6-26(20-27)34-43-28(22-38-16-18-42-19-17-38)21-31(44-34)25-14-12-24(23-39)13-15-25/h1-2,5-9,12-15,20,28,31,34,39H,3-4,10-11,16-19,21-23,35H2,(H,36,40)(H,37,41). The molecule has 5 N–H and O–H groups in total. The third-order valence-electron chi connectivity index (χ3n) is 7.92. The van der Waals surface area contributed by atoms with Gasteiger partial charge in [-0.05, 0) is 48.2 Å². The number of nitrogens with zero attached hydrogens (tertiary/aromatic N) is 1. The van der Waals surface area contributed by atoms with Gasteiger partial charge in [0.1, 0.15) is 0 Å². The van der Waals surface area contributed by atoms with Gasteiger partial charge >= 0.3 is 0 Å². The van der Waals surface area contributed by atoms with Gasteiger partial charge in [-0.3, -0.25) is 14.5 Å². The van der Waals surface area contributed by atoms with Crippen molar-refractivity contribution in [3.8, 4) is 0 Å². The molecular weight excluding hydrogens is 560 g/mol. The Kier molecular flexibility index (Phi) is 11.3. The quantitative estimate of drug-likeness (QED) is 0.172. The first-order valence-corrected chi connectivity index (χ1v) is 15.3. The first kappa shape index (κ1) is 31.6. The van der Waals surface area contributed by atoms with Gasteiger partial charge in [-0.25, -0.2) is 0 Å². The van der Waals surface area contributed by atoms with Crippen LogP contribution in [-0.4, -0.2) is 60.8 Å². The topological polar surface area (TPSA) is 135 Å². The van der Waals surface area contributed by atoms with E-state index in [0.717, 1.165) is 49.5 Å². The molecule has 2 saturated heterocycles. The summed E-state index contributed by atoms with van der Waals surface area (Å²) in [7, 11) is 0. The van der Waals surface area contributed by atoms with Gasteiger partial charge in [0, 0.05) is 50.1 Å². The Hall–Kier alpha value is -3.80. The number of nitrogen functional groups attached to an aromatic ring is 1. The van der Waals surface area contributed by atoms with Crippen LogP contribution in [0, 0.1) is 0 Å². The Labute approximate surface area is 258 Å². The third-order valence-corrected chi connectivity index (χ3v) is 7.92. The van der Waals surface area contributed by atoms with E-state index in [4.69, 9.17) is 19.9 Å². The molecule has 0 aromatic heterocycles. The number of carbonyl (C=O) groups is 2. The minimum atomic E-state index is -0.605. The van der Waals surface area contributed by atoms with Crippen molar-refractivity contribution < 1.29 is 28.9 Å². The molecule has 10 heteroatoms. The number of para-hydroxylation sites is 2. The lowest BCUT2D eigenvalue weighted by Gasteiger charge is -2.39. The number of nitrogens with two attached hydrogens (primary N) is 1. The molecule has 10 nitrogen and oxygen atoms in total. The van der Waals surface area contributed by atoms with Gasteiger partial charge in [-0.15, -0.1) is 0 Å². The number of morpholine rings is 1. The summed E-state index contributed by atoms with van der Waals surface area (Å²) in [6.45, 7) is 3.95. The molecular formula is C34H42N4O6. The molecule has 3 atom stereocenters. The number of carbonyl (C=O) groups excluding carboxylic acids is 2. The predicted octanol–water partition coefficient (Wildman–Crippen LogP) is 4.78. The molecule has 2 amide bonds. The predicted molar refractivity (Wildman–Crippen MR) is 169 cm³/mol. The summed E-state index contributed by atoms with van der Waals surface area (Å²) in [4.78, 5) is 27.3. The van der Waals surface area contributed by atoms with E-state index in [1.54, 1.807) is 12.1 Å². The van der Waals surface area contributed by atoms with E-state index in [0.29, 0.717) is 49.2 Å². The smallest absolute Gasteiger partial charge is 0.224 e. The summed E-state index contributed by atoms with van der Waals surface area (Å²) >= 11 is 0. The first-order chi connectivity index (χ1) is 21.5. The SMILES string of the molecule is Nc1ccccc1NC(=O)CCCCC(=O)Nc1cccc(C2OC(CN3CCOCC3)CC(c3ccc(CO)cc3)O2)c1. The van der Waals surface area contributed by atoms with E-state index in [1.807, 2.05) is 60.7 Å². The molecule has 0 radical (unpaired) electrons. The molecule has 0 spiro atoms. The Balaban J connectivity index is 1.16. The molecule has 0 bridgehead atoms. The van der Waals surface area contributed by atoms with Crippen LogP contribution < -0.4 is 16.4 Å². The van der Waals surface area contributed by atoms with Crippen LogP contribution in [0.3, 0.4) is 0 Å². The fourth-order valence-corrected chi connectivity index (χ4v) is 5.49. The fraction of sp³-hybridized carbons (Fsp3) is 0.412. The van der Waals surface area contributed by atoms with Gasteiger partial charge in [0.25, 0.3) is 0 Å². The molecule has 234 valence electrons. The second-order valence-electron chi connectivity index (χ2n) is 11.3. The normalized spacial score (nSPS) is 20.6. The number of hydrogen-bond donors (Lipinski definition) is 4. The van der Waals surface area contributed by atoms with Crippen molar-refractivity contribution in [2.24, 2.45) is 0 Å². The number of unbranched alkanes of at least 4 members (excludes halogenated alkanes) is 1. The van der Waals surface area contributed by atoms with Gasteiger partial charge < -0.3 is 35.7 Å². The third kappa shape index (κ3) is 9.10. The number of hydrogen-bond acceptors (Lipinski definition) is 8. The molecule has 3 unspecified atom stereocenters. The number of ether oxygens (including phenoxy) is 3. The number of nitrogens with one attached hydrogen (secondary N) is 2. The maximum Gasteiger partial charge on any atom is 0.224 e. The molecule has 5 rings (SSSR count). The maximum absolute atomic E-state index is 12.7. The Bertz CT molecular complexity index is 1380. The molecule has 0 aliphatic carbocycles. The van der Waals surface area contributed by atoms with Crippen molar-refractivity contribution in [2.45, 2.75) is 57.2 Å². The second kappa shape index (κ2) is 15.8. The van der Waals surface area contributed by atoms with E-state index in [2.05, 4.69) is 15.5 Å². The average molecular weight is 603 g/mol. The molecule has 3 aromatic rings. The molecule has 0 saturated carbocycles. The zero-order valence-electron chi connectivity index (χ0n) is 25.0. The number of amides is 2. The summed E-state index contributed by atoms with van der Waals surface area (Å²) < 4.78 is 18.5.